The van der Waals surface area contributed by atoms with Gasteiger partial charge in [0.1, 0.15) is 0 Å². The molecule has 0 aliphatic rings. The Morgan fingerprint density at radius 1 is 1.07 bits per heavy atom. The molecule has 2 unspecified atom stereocenters. The van der Waals surface area contributed by atoms with E-state index in [4.69, 9.17) is 0 Å². The molecule has 0 aromatic rings. The van der Waals surface area contributed by atoms with Gasteiger partial charge in [-0.2, -0.15) is 0 Å². The van der Waals surface area contributed by atoms with Gasteiger partial charge in [0, 0.05) is 25.7 Å². The highest BCUT2D eigenvalue weighted by Gasteiger charge is 2.07. The Hall–Kier alpha value is -0.0800. The van der Waals surface area contributed by atoms with Crippen molar-refractivity contribution < 1.29 is 0 Å². The van der Waals surface area contributed by atoms with E-state index >= 15 is 0 Å². The minimum atomic E-state index is 0.660. The van der Waals surface area contributed by atoms with Gasteiger partial charge in [-0.15, -0.1) is 0 Å². The van der Waals surface area contributed by atoms with Gasteiger partial charge in [0.05, 0.1) is 0 Å². The molecular weight excluding hydrogens is 184 g/mol. The number of nitrogens with one attached hydrogen (secondary N) is 1. The van der Waals surface area contributed by atoms with Crippen LogP contribution in [0.5, 0.6) is 0 Å². The van der Waals surface area contributed by atoms with E-state index in [2.05, 4.69) is 44.8 Å². The third kappa shape index (κ3) is 7.80. The molecule has 0 aliphatic heterocycles. The summed E-state index contributed by atoms with van der Waals surface area (Å²) >= 11 is 0. The summed E-state index contributed by atoms with van der Waals surface area (Å²) in [6, 6.07) is 0.660. The van der Waals surface area contributed by atoms with Crippen molar-refractivity contribution in [3.05, 3.63) is 0 Å². The summed E-state index contributed by atoms with van der Waals surface area (Å²) in [6.45, 7) is 16.1. The van der Waals surface area contributed by atoms with Crippen molar-refractivity contribution in [2.24, 2.45) is 5.92 Å². The molecule has 0 aliphatic carbocycles. The Kier molecular flexibility index (Phi) is 9.12. The van der Waals surface area contributed by atoms with Gasteiger partial charge in [-0.1, -0.05) is 34.1 Å². The summed E-state index contributed by atoms with van der Waals surface area (Å²) < 4.78 is 0. The van der Waals surface area contributed by atoms with Crippen molar-refractivity contribution in [1.82, 2.24) is 10.2 Å². The van der Waals surface area contributed by atoms with E-state index in [0.717, 1.165) is 12.5 Å². The van der Waals surface area contributed by atoms with Crippen LogP contribution in [0.1, 0.15) is 47.5 Å². The normalized spacial score (nSPS) is 15.6. The fourth-order valence-electron chi connectivity index (χ4n) is 1.56. The summed E-state index contributed by atoms with van der Waals surface area (Å²) in [7, 11) is 0. The minimum absolute atomic E-state index is 0.660. The molecular formula is C13H30N2. The predicted octanol–water partition coefficient (Wildman–Crippen LogP) is 2.74. The van der Waals surface area contributed by atoms with E-state index in [1.165, 1.54) is 32.5 Å². The van der Waals surface area contributed by atoms with Gasteiger partial charge in [0.25, 0.3) is 0 Å². The lowest BCUT2D eigenvalue weighted by molar-refractivity contribution is 0.243. The van der Waals surface area contributed by atoms with Crippen LogP contribution in [-0.4, -0.2) is 37.1 Å². The highest BCUT2D eigenvalue weighted by Crippen LogP contribution is 2.03. The molecule has 0 heterocycles. The number of rotatable bonds is 9. The van der Waals surface area contributed by atoms with Crippen LogP contribution in [-0.2, 0) is 0 Å². The van der Waals surface area contributed by atoms with Crippen LogP contribution in [0.15, 0.2) is 0 Å². The number of nitrogens with zero attached hydrogens (tertiary/aromatic N) is 1. The van der Waals surface area contributed by atoms with Crippen LogP contribution in [0, 0.1) is 5.92 Å². The first-order valence-corrected chi connectivity index (χ1v) is 6.59. The Balaban J connectivity index is 3.61. The lowest BCUT2D eigenvalue weighted by Crippen LogP contribution is -2.37. The molecule has 0 saturated carbocycles. The molecule has 0 spiro atoms. The molecule has 15 heavy (non-hydrogen) atoms. The molecule has 2 heteroatoms. The van der Waals surface area contributed by atoms with Crippen molar-refractivity contribution in [3.63, 3.8) is 0 Å². The molecule has 0 aromatic heterocycles. The number of hydrogen-bond donors (Lipinski definition) is 1. The molecule has 2 atom stereocenters. The molecule has 0 radical (unpaired) electrons. The van der Waals surface area contributed by atoms with E-state index in [1.54, 1.807) is 0 Å². The maximum atomic E-state index is 3.55. The van der Waals surface area contributed by atoms with E-state index in [1.807, 2.05) is 0 Å². The smallest absolute Gasteiger partial charge is 0.0107 e. The van der Waals surface area contributed by atoms with Crippen LogP contribution < -0.4 is 5.32 Å². The fraction of sp³-hybridized carbons (Fsp3) is 1.00. The quantitative estimate of drug-likeness (QED) is 0.635. The second-order valence-electron chi connectivity index (χ2n) is 4.67. The first kappa shape index (κ1) is 14.9. The van der Waals surface area contributed by atoms with Crippen LogP contribution in [0.4, 0.5) is 0 Å². The average molecular weight is 214 g/mol. The number of likely N-dealkylation sites (N-methyl/N-ethyl adjacent to an activating group) is 1. The summed E-state index contributed by atoms with van der Waals surface area (Å²) in [5.74, 6) is 0.827. The van der Waals surface area contributed by atoms with Crippen molar-refractivity contribution in [2.45, 2.75) is 53.5 Å². The topological polar surface area (TPSA) is 15.3 Å². The van der Waals surface area contributed by atoms with Crippen LogP contribution in [0.25, 0.3) is 0 Å². The van der Waals surface area contributed by atoms with Gasteiger partial charge in [-0.05, 0) is 25.8 Å². The predicted molar refractivity (Wildman–Crippen MR) is 69.3 cm³/mol. The van der Waals surface area contributed by atoms with Gasteiger partial charge in [-0.3, -0.25) is 0 Å². The summed E-state index contributed by atoms with van der Waals surface area (Å²) in [5, 5.41) is 3.55. The molecule has 0 amide bonds. The second kappa shape index (κ2) is 9.17. The molecule has 0 saturated heterocycles. The van der Waals surface area contributed by atoms with Crippen LogP contribution in [0.2, 0.25) is 0 Å². The molecule has 0 bridgehead atoms. The Bertz CT molecular complexity index is 136. The first-order valence-electron chi connectivity index (χ1n) is 6.59. The van der Waals surface area contributed by atoms with E-state index in [0.29, 0.717) is 6.04 Å². The fourth-order valence-corrected chi connectivity index (χ4v) is 1.56. The van der Waals surface area contributed by atoms with Gasteiger partial charge in [-0.25, -0.2) is 0 Å². The van der Waals surface area contributed by atoms with E-state index in [-0.39, 0.29) is 0 Å². The maximum absolute atomic E-state index is 3.55. The largest absolute Gasteiger partial charge is 0.313 e. The van der Waals surface area contributed by atoms with E-state index in [9.17, 15) is 0 Å². The average Bonchev–Trinajstić information content (AvgIpc) is 2.26. The minimum Gasteiger partial charge on any atom is -0.313 e. The molecule has 0 aromatic carbocycles. The monoisotopic (exact) mass is 214 g/mol. The van der Waals surface area contributed by atoms with Crippen molar-refractivity contribution in [2.75, 3.05) is 26.2 Å². The van der Waals surface area contributed by atoms with E-state index < -0.39 is 0 Å². The van der Waals surface area contributed by atoms with Gasteiger partial charge in [0.2, 0.25) is 0 Å². The Morgan fingerprint density at radius 3 is 2.20 bits per heavy atom. The molecule has 2 nitrogen and oxygen atoms in total. The third-order valence-electron chi connectivity index (χ3n) is 3.25. The zero-order valence-electron chi connectivity index (χ0n) is 11.3. The van der Waals surface area contributed by atoms with Crippen molar-refractivity contribution in [1.29, 1.82) is 0 Å². The highest BCUT2D eigenvalue weighted by molar-refractivity contribution is 4.64. The van der Waals surface area contributed by atoms with Crippen molar-refractivity contribution in [3.8, 4) is 0 Å². The SMILES string of the molecule is CCC(C)CN(CC)CCNC(C)CC. The zero-order valence-corrected chi connectivity index (χ0v) is 11.3. The van der Waals surface area contributed by atoms with Gasteiger partial charge in [0.15, 0.2) is 0 Å². The summed E-state index contributed by atoms with van der Waals surface area (Å²) in [4.78, 5) is 2.55. The molecule has 1 N–H and O–H groups in total. The number of hydrogen-bond acceptors (Lipinski definition) is 2. The van der Waals surface area contributed by atoms with Gasteiger partial charge < -0.3 is 10.2 Å². The third-order valence-corrected chi connectivity index (χ3v) is 3.25. The van der Waals surface area contributed by atoms with Gasteiger partial charge >= 0.3 is 0 Å². The van der Waals surface area contributed by atoms with Crippen molar-refractivity contribution >= 4 is 0 Å². The lowest BCUT2D eigenvalue weighted by Gasteiger charge is -2.24. The zero-order chi connectivity index (χ0) is 11.7. The van der Waals surface area contributed by atoms with Crippen LogP contribution in [0.3, 0.4) is 0 Å². The first-order chi connectivity index (χ1) is 7.13. The molecule has 0 rings (SSSR count). The summed E-state index contributed by atoms with van der Waals surface area (Å²) in [5.41, 5.74) is 0. The summed E-state index contributed by atoms with van der Waals surface area (Å²) in [6.07, 6.45) is 2.51. The Morgan fingerprint density at radius 2 is 1.73 bits per heavy atom. The standard InChI is InChI=1S/C13H30N2/c1-6-12(4)11-15(8-3)10-9-14-13(5)7-2/h12-14H,6-11H2,1-5H3. The van der Waals surface area contributed by atoms with Crippen LogP contribution >= 0.6 is 0 Å². The molecule has 92 valence electrons. The molecule has 0 fully saturated rings. The lowest BCUT2D eigenvalue weighted by atomic mass is 10.1. The Labute approximate surface area is 96.4 Å². The second-order valence-corrected chi connectivity index (χ2v) is 4.67. The highest BCUT2D eigenvalue weighted by atomic mass is 15.1. The maximum Gasteiger partial charge on any atom is 0.0107 e.